The minimum absolute atomic E-state index is 0.0636. The van der Waals surface area contributed by atoms with E-state index in [1.807, 2.05) is 0 Å². The van der Waals surface area contributed by atoms with Crippen molar-refractivity contribution in [2.24, 2.45) is 11.3 Å². The SMILES string of the molecule is CC1C(C(=O)O)=C(Cl)C=C(c2ccc(F)cc2)C1(CCl)C(=O)O. The molecular weight excluding hydrogens is 346 g/mol. The third-order valence-corrected chi connectivity index (χ3v) is 4.89. The van der Waals surface area contributed by atoms with Crippen LogP contribution >= 0.6 is 23.2 Å². The molecular formula is C16H13Cl2FO4. The van der Waals surface area contributed by atoms with Gasteiger partial charge in [0.1, 0.15) is 11.2 Å². The third kappa shape index (κ3) is 2.75. The van der Waals surface area contributed by atoms with Crippen molar-refractivity contribution in [1.29, 1.82) is 0 Å². The van der Waals surface area contributed by atoms with Crippen LogP contribution in [0.5, 0.6) is 0 Å². The first-order chi connectivity index (χ1) is 10.8. The summed E-state index contributed by atoms with van der Waals surface area (Å²) in [7, 11) is 0. The number of hydrogen-bond acceptors (Lipinski definition) is 2. The van der Waals surface area contributed by atoms with Crippen LogP contribution in [0, 0.1) is 17.2 Å². The van der Waals surface area contributed by atoms with Gasteiger partial charge in [-0.3, -0.25) is 4.79 Å². The molecule has 1 aliphatic carbocycles. The lowest BCUT2D eigenvalue weighted by molar-refractivity contribution is -0.146. The van der Waals surface area contributed by atoms with Gasteiger partial charge in [-0.05, 0) is 29.3 Å². The monoisotopic (exact) mass is 358 g/mol. The molecule has 0 amide bonds. The fourth-order valence-corrected chi connectivity index (χ4v) is 3.67. The Bertz CT molecular complexity index is 724. The van der Waals surface area contributed by atoms with Gasteiger partial charge >= 0.3 is 11.9 Å². The molecule has 23 heavy (non-hydrogen) atoms. The minimum atomic E-state index is -1.68. The number of rotatable bonds is 4. The van der Waals surface area contributed by atoms with Crippen molar-refractivity contribution in [2.75, 3.05) is 5.88 Å². The number of allylic oxidation sites excluding steroid dienone is 2. The van der Waals surface area contributed by atoms with Crippen LogP contribution in [0.15, 0.2) is 40.9 Å². The van der Waals surface area contributed by atoms with Crippen LogP contribution in [-0.4, -0.2) is 28.0 Å². The van der Waals surface area contributed by atoms with Crippen molar-refractivity contribution in [1.82, 2.24) is 0 Å². The molecule has 1 aromatic rings. The van der Waals surface area contributed by atoms with Gasteiger partial charge < -0.3 is 10.2 Å². The van der Waals surface area contributed by atoms with Crippen LogP contribution < -0.4 is 0 Å². The van der Waals surface area contributed by atoms with Crippen LogP contribution in [0.3, 0.4) is 0 Å². The van der Waals surface area contributed by atoms with Crippen molar-refractivity contribution in [2.45, 2.75) is 6.92 Å². The first-order valence-electron chi connectivity index (χ1n) is 6.66. The number of benzene rings is 1. The van der Waals surface area contributed by atoms with Gasteiger partial charge in [0.15, 0.2) is 0 Å². The molecule has 0 radical (unpaired) electrons. The predicted molar refractivity (Wildman–Crippen MR) is 84.8 cm³/mol. The summed E-state index contributed by atoms with van der Waals surface area (Å²) < 4.78 is 13.1. The molecule has 1 aromatic carbocycles. The van der Waals surface area contributed by atoms with Gasteiger partial charge in [0, 0.05) is 11.8 Å². The minimum Gasteiger partial charge on any atom is -0.481 e. The highest BCUT2D eigenvalue weighted by Gasteiger charge is 2.52. The van der Waals surface area contributed by atoms with Crippen molar-refractivity contribution < 1.29 is 24.2 Å². The third-order valence-electron chi connectivity index (χ3n) is 4.16. The summed E-state index contributed by atoms with van der Waals surface area (Å²) in [5.74, 6) is -4.36. The smallest absolute Gasteiger partial charge is 0.333 e. The standard InChI is InChI=1S/C16H13Cl2FO4/c1-8-13(14(20)21)12(18)6-11(16(8,7-17)15(22)23)9-2-4-10(19)5-3-9/h2-6,8H,7H2,1H3,(H,20,21)(H,22,23). The Balaban J connectivity index is 2.77. The number of carbonyl (C=O) groups is 2. The molecule has 0 spiro atoms. The van der Waals surface area contributed by atoms with E-state index in [0.29, 0.717) is 5.56 Å². The van der Waals surface area contributed by atoms with E-state index in [1.165, 1.54) is 37.3 Å². The molecule has 122 valence electrons. The maximum absolute atomic E-state index is 13.1. The Morgan fingerprint density at radius 2 is 1.83 bits per heavy atom. The van der Waals surface area contributed by atoms with E-state index >= 15 is 0 Å². The lowest BCUT2D eigenvalue weighted by atomic mass is 9.64. The Labute approximate surface area is 141 Å². The summed E-state index contributed by atoms with van der Waals surface area (Å²) in [6, 6.07) is 5.19. The Morgan fingerprint density at radius 3 is 2.26 bits per heavy atom. The Kier molecular flexibility index (Phi) is 4.82. The zero-order valence-electron chi connectivity index (χ0n) is 12.0. The molecule has 2 unspecified atom stereocenters. The lowest BCUT2D eigenvalue weighted by Crippen LogP contribution is -2.44. The van der Waals surface area contributed by atoms with Crippen LogP contribution in [0.2, 0.25) is 0 Å². The number of alkyl halides is 1. The van der Waals surface area contributed by atoms with Gasteiger partial charge in [-0.1, -0.05) is 30.7 Å². The fraction of sp³-hybridized carbons (Fsp3) is 0.250. The molecule has 2 N–H and O–H groups in total. The summed E-state index contributed by atoms with van der Waals surface area (Å²) >= 11 is 12.0. The lowest BCUT2D eigenvalue weighted by Gasteiger charge is -2.39. The average molecular weight is 359 g/mol. The summed E-state index contributed by atoms with van der Waals surface area (Å²) in [4.78, 5) is 23.4. The number of carboxylic acid groups (broad SMARTS) is 2. The normalized spacial score (nSPS) is 24.3. The number of aliphatic carboxylic acids is 2. The summed E-state index contributed by atoms with van der Waals surface area (Å²) in [5, 5.41) is 19.0. The van der Waals surface area contributed by atoms with Gasteiger partial charge in [0.25, 0.3) is 0 Å². The largest absolute Gasteiger partial charge is 0.481 e. The van der Waals surface area contributed by atoms with Crippen LogP contribution in [0.25, 0.3) is 5.57 Å². The first kappa shape index (κ1) is 17.5. The van der Waals surface area contributed by atoms with Crippen LogP contribution in [0.1, 0.15) is 12.5 Å². The van der Waals surface area contributed by atoms with Gasteiger partial charge in [-0.15, -0.1) is 11.6 Å². The van der Waals surface area contributed by atoms with E-state index in [9.17, 15) is 24.2 Å². The molecule has 0 aromatic heterocycles. The molecule has 4 nitrogen and oxygen atoms in total. The van der Waals surface area contributed by atoms with E-state index in [2.05, 4.69) is 0 Å². The quantitative estimate of drug-likeness (QED) is 0.803. The van der Waals surface area contributed by atoms with E-state index in [4.69, 9.17) is 23.2 Å². The maximum Gasteiger partial charge on any atom is 0.333 e. The van der Waals surface area contributed by atoms with Gasteiger partial charge in [0.05, 0.1) is 10.6 Å². The molecule has 2 atom stereocenters. The second-order valence-corrected chi connectivity index (χ2v) is 5.94. The Morgan fingerprint density at radius 1 is 1.26 bits per heavy atom. The fourth-order valence-electron chi connectivity index (χ4n) is 2.82. The molecule has 0 fully saturated rings. The van der Waals surface area contributed by atoms with Crippen molar-refractivity contribution in [3.05, 3.63) is 52.3 Å². The average Bonchev–Trinajstić information content (AvgIpc) is 2.47. The predicted octanol–water partition coefficient (Wildman–Crippen LogP) is 3.75. The number of carboxylic acids is 2. The zero-order chi connectivity index (χ0) is 17.4. The van der Waals surface area contributed by atoms with E-state index < -0.39 is 29.1 Å². The van der Waals surface area contributed by atoms with Gasteiger partial charge in [-0.2, -0.15) is 0 Å². The summed E-state index contributed by atoms with van der Waals surface area (Å²) in [6.45, 7) is 1.46. The first-order valence-corrected chi connectivity index (χ1v) is 7.57. The van der Waals surface area contributed by atoms with Gasteiger partial charge in [0.2, 0.25) is 0 Å². The van der Waals surface area contributed by atoms with Crippen molar-refractivity contribution >= 4 is 40.7 Å². The topological polar surface area (TPSA) is 74.6 Å². The summed E-state index contributed by atoms with van der Waals surface area (Å²) in [5.41, 5.74) is -1.21. The number of halogens is 3. The highest BCUT2D eigenvalue weighted by atomic mass is 35.5. The van der Waals surface area contributed by atoms with Crippen LogP contribution in [0.4, 0.5) is 4.39 Å². The zero-order valence-corrected chi connectivity index (χ0v) is 13.5. The molecule has 0 bridgehead atoms. The highest BCUT2D eigenvalue weighted by molar-refractivity contribution is 6.34. The van der Waals surface area contributed by atoms with E-state index in [0.717, 1.165) is 0 Å². The molecule has 0 saturated carbocycles. The van der Waals surface area contributed by atoms with Gasteiger partial charge in [-0.25, -0.2) is 9.18 Å². The van der Waals surface area contributed by atoms with Crippen LogP contribution in [-0.2, 0) is 9.59 Å². The molecule has 0 heterocycles. The molecule has 2 rings (SSSR count). The van der Waals surface area contributed by atoms with Crippen molar-refractivity contribution in [3.63, 3.8) is 0 Å². The molecule has 1 aliphatic rings. The maximum atomic E-state index is 13.1. The van der Waals surface area contributed by atoms with E-state index in [-0.39, 0.29) is 22.1 Å². The summed E-state index contributed by atoms with van der Waals surface area (Å²) in [6.07, 6.45) is 1.29. The second-order valence-electron chi connectivity index (χ2n) is 5.26. The Hall–Kier alpha value is -1.85. The van der Waals surface area contributed by atoms with E-state index in [1.54, 1.807) is 0 Å². The molecule has 7 heteroatoms. The molecule has 0 saturated heterocycles. The highest BCUT2D eigenvalue weighted by Crippen LogP contribution is 2.51. The molecule has 0 aliphatic heterocycles. The van der Waals surface area contributed by atoms with Crippen molar-refractivity contribution in [3.8, 4) is 0 Å². The number of hydrogen-bond donors (Lipinski definition) is 2. The second kappa shape index (κ2) is 6.34.